The van der Waals surface area contributed by atoms with E-state index in [0.717, 1.165) is 16.8 Å². The van der Waals surface area contributed by atoms with Crippen molar-refractivity contribution in [2.24, 2.45) is 0 Å². The number of hydrogen-bond donors (Lipinski definition) is 1. The maximum atomic E-state index is 11.9. The Hall–Kier alpha value is -2.31. The molecule has 0 saturated heterocycles. The van der Waals surface area contributed by atoms with Gasteiger partial charge in [-0.25, -0.2) is 0 Å². The number of nitrogens with one attached hydrogen (secondary N) is 1. The second-order valence-electron chi connectivity index (χ2n) is 4.71. The van der Waals surface area contributed by atoms with E-state index in [4.69, 9.17) is 16.9 Å². The van der Waals surface area contributed by atoms with Gasteiger partial charge < -0.3 is 5.32 Å². The van der Waals surface area contributed by atoms with Crippen molar-refractivity contribution in [3.8, 4) is 6.07 Å². The zero-order valence-corrected chi connectivity index (χ0v) is 12.2. The highest BCUT2D eigenvalue weighted by molar-refractivity contribution is 6.30. The predicted molar refractivity (Wildman–Crippen MR) is 84.2 cm³/mol. The van der Waals surface area contributed by atoms with Crippen LogP contribution >= 0.6 is 11.6 Å². The van der Waals surface area contributed by atoms with E-state index < -0.39 is 0 Å². The predicted octanol–water partition coefficient (Wildman–Crippen LogP) is 3.98. The zero-order chi connectivity index (χ0) is 15.1. The number of halogens is 1. The van der Waals surface area contributed by atoms with Crippen LogP contribution in [-0.4, -0.2) is 5.91 Å². The van der Waals surface area contributed by atoms with Crippen LogP contribution in [0.3, 0.4) is 0 Å². The van der Waals surface area contributed by atoms with Gasteiger partial charge in [-0.15, -0.1) is 0 Å². The molecule has 0 radical (unpaired) electrons. The van der Waals surface area contributed by atoms with Crippen molar-refractivity contribution in [2.45, 2.75) is 19.3 Å². The molecule has 2 rings (SSSR count). The lowest BCUT2D eigenvalue weighted by molar-refractivity contribution is -0.116. The fraction of sp³-hybridized carbons (Fsp3) is 0.176. The molecule has 0 spiro atoms. The molecule has 3 nitrogen and oxygen atoms in total. The van der Waals surface area contributed by atoms with Gasteiger partial charge in [-0.05, 0) is 41.8 Å². The lowest BCUT2D eigenvalue weighted by Gasteiger charge is -2.06. The van der Waals surface area contributed by atoms with Crippen LogP contribution in [0, 0.1) is 11.3 Å². The number of hydrogen-bond acceptors (Lipinski definition) is 2. The summed E-state index contributed by atoms with van der Waals surface area (Å²) < 4.78 is 0. The van der Waals surface area contributed by atoms with Gasteiger partial charge in [0.05, 0.1) is 12.5 Å². The molecule has 0 fully saturated rings. The Balaban J connectivity index is 1.85. The van der Waals surface area contributed by atoms with E-state index in [9.17, 15) is 4.79 Å². The number of carbonyl (C=O) groups is 1. The summed E-state index contributed by atoms with van der Waals surface area (Å²) in [6, 6.07) is 16.9. The summed E-state index contributed by atoms with van der Waals surface area (Å²) in [5, 5.41) is 12.1. The number of carbonyl (C=O) groups excluding carboxylic acids is 1. The molecule has 0 atom stereocenters. The average Bonchev–Trinajstić information content (AvgIpc) is 2.48. The van der Waals surface area contributed by atoms with Crippen molar-refractivity contribution in [3.63, 3.8) is 0 Å². The highest BCUT2D eigenvalue weighted by atomic mass is 35.5. The number of amides is 1. The molecule has 21 heavy (non-hydrogen) atoms. The van der Waals surface area contributed by atoms with Crippen LogP contribution in [0.4, 0.5) is 5.69 Å². The molecule has 4 heteroatoms. The van der Waals surface area contributed by atoms with Gasteiger partial charge in [0, 0.05) is 17.1 Å². The monoisotopic (exact) mass is 298 g/mol. The van der Waals surface area contributed by atoms with Crippen LogP contribution < -0.4 is 5.32 Å². The average molecular weight is 299 g/mol. The first-order valence-corrected chi connectivity index (χ1v) is 7.05. The maximum Gasteiger partial charge on any atom is 0.224 e. The van der Waals surface area contributed by atoms with Gasteiger partial charge in [-0.2, -0.15) is 5.26 Å². The number of nitrogens with zero attached hydrogens (tertiary/aromatic N) is 1. The van der Waals surface area contributed by atoms with Gasteiger partial charge >= 0.3 is 0 Å². The summed E-state index contributed by atoms with van der Waals surface area (Å²) in [5.74, 6) is -0.0389. The molecule has 2 aromatic carbocycles. The molecule has 1 amide bonds. The van der Waals surface area contributed by atoms with Gasteiger partial charge in [-0.3, -0.25) is 4.79 Å². The molecule has 1 N–H and O–H groups in total. The molecule has 0 saturated carbocycles. The smallest absolute Gasteiger partial charge is 0.224 e. The van der Waals surface area contributed by atoms with Gasteiger partial charge in [-0.1, -0.05) is 35.9 Å². The van der Waals surface area contributed by atoms with Crippen LogP contribution in [0.15, 0.2) is 48.5 Å². The van der Waals surface area contributed by atoms with E-state index in [1.54, 1.807) is 0 Å². The first-order chi connectivity index (χ1) is 10.2. The number of anilines is 1. The SMILES string of the molecule is N#CCc1ccc(NC(=O)CCc2cccc(Cl)c2)cc1. The Morgan fingerprint density at radius 1 is 1.14 bits per heavy atom. The van der Waals surface area contributed by atoms with Crippen LogP contribution in [0.2, 0.25) is 5.02 Å². The molecular weight excluding hydrogens is 284 g/mol. The van der Waals surface area contributed by atoms with Crippen molar-refractivity contribution in [1.29, 1.82) is 5.26 Å². The highest BCUT2D eigenvalue weighted by Gasteiger charge is 2.04. The molecule has 0 aromatic heterocycles. The summed E-state index contributed by atoms with van der Waals surface area (Å²) in [4.78, 5) is 11.9. The molecule has 0 aliphatic rings. The second-order valence-corrected chi connectivity index (χ2v) is 5.15. The van der Waals surface area contributed by atoms with Gasteiger partial charge in [0.25, 0.3) is 0 Å². The molecule has 0 unspecified atom stereocenters. The highest BCUT2D eigenvalue weighted by Crippen LogP contribution is 2.14. The number of rotatable bonds is 5. The van der Waals surface area contributed by atoms with E-state index in [1.807, 2.05) is 48.5 Å². The zero-order valence-electron chi connectivity index (χ0n) is 11.5. The Morgan fingerprint density at radius 2 is 1.90 bits per heavy atom. The Kier molecular flexibility index (Phi) is 5.36. The van der Waals surface area contributed by atoms with E-state index in [1.165, 1.54) is 0 Å². The van der Waals surface area contributed by atoms with Crippen molar-refractivity contribution in [3.05, 3.63) is 64.7 Å². The van der Waals surface area contributed by atoms with Crippen molar-refractivity contribution in [1.82, 2.24) is 0 Å². The normalized spacial score (nSPS) is 9.90. The Bertz CT molecular complexity index is 659. The van der Waals surface area contributed by atoms with Crippen LogP contribution in [0.25, 0.3) is 0 Å². The molecule has 106 valence electrons. The van der Waals surface area contributed by atoms with Gasteiger partial charge in [0.2, 0.25) is 5.91 Å². The van der Waals surface area contributed by atoms with Crippen LogP contribution in [0.5, 0.6) is 0 Å². The van der Waals surface area contributed by atoms with Gasteiger partial charge in [0.1, 0.15) is 0 Å². The summed E-state index contributed by atoms with van der Waals surface area (Å²) in [7, 11) is 0. The number of nitriles is 1. The molecule has 0 heterocycles. The fourth-order valence-electron chi connectivity index (χ4n) is 1.97. The van der Waals surface area contributed by atoms with Crippen LogP contribution in [-0.2, 0) is 17.6 Å². The minimum Gasteiger partial charge on any atom is -0.326 e. The molecular formula is C17H15ClN2O. The third-order valence-electron chi connectivity index (χ3n) is 3.05. The number of benzene rings is 2. The first-order valence-electron chi connectivity index (χ1n) is 6.67. The van der Waals surface area contributed by atoms with E-state index >= 15 is 0 Å². The number of aryl methyl sites for hydroxylation is 1. The van der Waals surface area contributed by atoms with Gasteiger partial charge in [0.15, 0.2) is 0 Å². The van der Waals surface area contributed by atoms with E-state index in [2.05, 4.69) is 11.4 Å². The summed E-state index contributed by atoms with van der Waals surface area (Å²) >= 11 is 5.91. The molecule has 0 aliphatic heterocycles. The molecule has 2 aromatic rings. The van der Waals surface area contributed by atoms with E-state index in [0.29, 0.717) is 24.3 Å². The standard InChI is InChI=1S/C17H15ClN2O/c18-15-3-1-2-14(12-15)6-9-17(21)20-16-7-4-13(5-8-16)10-11-19/h1-5,7-8,12H,6,9-10H2,(H,20,21). The largest absolute Gasteiger partial charge is 0.326 e. The van der Waals surface area contributed by atoms with Crippen molar-refractivity contribution in [2.75, 3.05) is 5.32 Å². The van der Waals surface area contributed by atoms with E-state index in [-0.39, 0.29) is 5.91 Å². The third-order valence-corrected chi connectivity index (χ3v) is 3.29. The summed E-state index contributed by atoms with van der Waals surface area (Å²) in [6.45, 7) is 0. The minimum absolute atomic E-state index is 0.0389. The lowest BCUT2D eigenvalue weighted by Crippen LogP contribution is -2.12. The quantitative estimate of drug-likeness (QED) is 0.908. The fourth-order valence-corrected chi connectivity index (χ4v) is 2.18. The summed E-state index contributed by atoms with van der Waals surface area (Å²) in [5.41, 5.74) is 2.73. The maximum absolute atomic E-state index is 11.9. The van der Waals surface area contributed by atoms with Crippen LogP contribution in [0.1, 0.15) is 17.5 Å². The van der Waals surface area contributed by atoms with Crippen molar-refractivity contribution < 1.29 is 4.79 Å². The third kappa shape index (κ3) is 4.94. The Labute approximate surface area is 129 Å². The summed E-state index contributed by atoms with van der Waals surface area (Å²) in [6.07, 6.45) is 1.43. The molecule has 0 bridgehead atoms. The molecule has 0 aliphatic carbocycles. The second kappa shape index (κ2) is 7.47. The lowest BCUT2D eigenvalue weighted by atomic mass is 10.1. The van der Waals surface area contributed by atoms with Crippen molar-refractivity contribution >= 4 is 23.2 Å². The topological polar surface area (TPSA) is 52.9 Å². The minimum atomic E-state index is -0.0389. The first kappa shape index (κ1) is 15.1. The Morgan fingerprint density at radius 3 is 2.57 bits per heavy atom.